The quantitative estimate of drug-likeness (QED) is 0.789. The van der Waals surface area contributed by atoms with Crippen LogP contribution in [-0.2, 0) is 9.84 Å². The van der Waals surface area contributed by atoms with E-state index < -0.39 is 20.9 Å². The van der Waals surface area contributed by atoms with Gasteiger partial charge in [0.15, 0.2) is 15.6 Å². The second-order valence-electron chi connectivity index (χ2n) is 3.69. The molecule has 0 aliphatic heterocycles. The first-order valence-electron chi connectivity index (χ1n) is 4.84. The second-order valence-corrected chi connectivity index (χ2v) is 6.46. The molecular formula is C11H13ClO4S. The lowest BCUT2D eigenvalue weighted by molar-refractivity contribution is 0.0991. The van der Waals surface area contributed by atoms with Gasteiger partial charge < -0.3 is 4.74 Å². The molecule has 0 aliphatic rings. The van der Waals surface area contributed by atoms with Gasteiger partial charge in [0.25, 0.3) is 0 Å². The molecule has 0 fully saturated rings. The lowest BCUT2D eigenvalue weighted by Crippen LogP contribution is -2.26. The van der Waals surface area contributed by atoms with Crippen LogP contribution in [0.25, 0.3) is 0 Å². The van der Waals surface area contributed by atoms with Crippen LogP contribution in [0.2, 0.25) is 5.02 Å². The van der Waals surface area contributed by atoms with Gasteiger partial charge in [0.05, 0.1) is 12.1 Å². The number of Topliss-reactive ketones (excluding diaryl/α,β-unsaturated/α-hetero) is 1. The summed E-state index contributed by atoms with van der Waals surface area (Å²) in [5.41, 5.74) is 0.268. The summed E-state index contributed by atoms with van der Waals surface area (Å²) in [7, 11) is -1.98. The molecule has 1 unspecified atom stereocenters. The third-order valence-electron chi connectivity index (χ3n) is 2.45. The SMILES string of the molecule is COc1cc(C(=O)C(C)S(C)(=O)=O)ccc1Cl. The average Bonchev–Trinajstić information content (AvgIpc) is 2.26. The minimum Gasteiger partial charge on any atom is -0.495 e. The highest BCUT2D eigenvalue weighted by atomic mass is 35.5. The summed E-state index contributed by atoms with van der Waals surface area (Å²) < 4.78 is 27.5. The van der Waals surface area contributed by atoms with E-state index in [1.165, 1.54) is 32.2 Å². The van der Waals surface area contributed by atoms with E-state index >= 15 is 0 Å². The number of rotatable bonds is 4. The molecule has 4 nitrogen and oxygen atoms in total. The van der Waals surface area contributed by atoms with Crippen LogP contribution >= 0.6 is 11.6 Å². The van der Waals surface area contributed by atoms with Crippen LogP contribution in [0.3, 0.4) is 0 Å². The van der Waals surface area contributed by atoms with Crippen molar-refractivity contribution < 1.29 is 17.9 Å². The van der Waals surface area contributed by atoms with Crippen LogP contribution in [0.1, 0.15) is 17.3 Å². The number of carbonyl (C=O) groups excluding carboxylic acids is 1. The summed E-state index contributed by atoms with van der Waals surface area (Å²) in [5.74, 6) is -0.124. The number of halogens is 1. The smallest absolute Gasteiger partial charge is 0.180 e. The number of hydrogen-bond donors (Lipinski definition) is 0. The lowest BCUT2D eigenvalue weighted by atomic mass is 10.1. The molecule has 0 bridgehead atoms. The Kier molecular flexibility index (Phi) is 4.16. The van der Waals surface area contributed by atoms with Crippen LogP contribution < -0.4 is 4.74 Å². The van der Waals surface area contributed by atoms with Gasteiger partial charge >= 0.3 is 0 Å². The predicted octanol–water partition coefficient (Wildman–Crippen LogP) is 1.96. The molecule has 0 aromatic heterocycles. The molecule has 6 heteroatoms. The highest BCUT2D eigenvalue weighted by Crippen LogP contribution is 2.26. The molecular weight excluding hydrogens is 264 g/mol. The molecule has 1 aromatic rings. The molecule has 94 valence electrons. The van der Waals surface area contributed by atoms with Crippen LogP contribution in [0.5, 0.6) is 5.75 Å². The zero-order valence-corrected chi connectivity index (χ0v) is 11.3. The van der Waals surface area contributed by atoms with E-state index in [0.29, 0.717) is 10.8 Å². The van der Waals surface area contributed by atoms with Crippen molar-refractivity contribution in [1.29, 1.82) is 0 Å². The van der Waals surface area contributed by atoms with Gasteiger partial charge in [0.2, 0.25) is 0 Å². The number of ketones is 1. The molecule has 0 radical (unpaired) electrons. The van der Waals surface area contributed by atoms with E-state index in [1.807, 2.05) is 0 Å². The topological polar surface area (TPSA) is 60.4 Å². The third kappa shape index (κ3) is 3.20. The molecule has 1 rings (SSSR count). The minimum atomic E-state index is -3.40. The van der Waals surface area contributed by atoms with E-state index in [0.717, 1.165) is 6.26 Å². The number of methoxy groups -OCH3 is 1. The molecule has 0 saturated carbocycles. The molecule has 0 spiro atoms. The maximum atomic E-state index is 11.9. The number of carbonyl (C=O) groups is 1. The predicted molar refractivity (Wildman–Crippen MR) is 66.6 cm³/mol. The van der Waals surface area contributed by atoms with Crippen LogP contribution in [0, 0.1) is 0 Å². The van der Waals surface area contributed by atoms with E-state index in [1.54, 1.807) is 0 Å². The van der Waals surface area contributed by atoms with Crippen molar-refractivity contribution in [2.75, 3.05) is 13.4 Å². The number of benzene rings is 1. The Balaban J connectivity index is 3.14. The summed E-state index contributed by atoms with van der Waals surface area (Å²) in [5, 5.41) is -0.704. The number of hydrogen-bond acceptors (Lipinski definition) is 4. The Morgan fingerprint density at radius 2 is 2.00 bits per heavy atom. The highest BCUT2D eigenvalue weighted by molar-refractivity contribution is 7.92. The first-order chi connectivity index (χ1) is 7.77. The van der Waals surface area contributed by atoms with E-state index in [-0.39, 0.29) is 5.56 Å². The van der Waals surface area contributed by atoms with Crippen molar-refractivity contribution in [1.82, 2.24) is 0 Å². The molecule has 0 heterocycles. The minimum absolute atomic E-state index is 0.268. The maximum Gasteiger partial charge on any atom is 0.180 e. The Morgan fingerprint density at radius 1 is 1.41 bits per heavy atom. The van der Waals surface area contributed by atoms with Crippen molar-refractivity contribution in [3.8, 4) is 5.75 Å². The van der Waals surface area contributed by atoms with Crippen LogP contribution in [0.15, 0.2) is 18.2 Å². The van der Waals surface area contributed by atoms with Crippen molar-refractivity contribution in [2.24, 2.45) is 0 Å². The van der Waals surface area contributed by atoms with E-state index in [2.05, 4.69) is 0 Å². The van der Waals surface area contributed by atoms with Gasteiger partial charge in [-0.15, -0.1) is 0 Å². The summed E-state index contributed by atoms with van der Waals surface area (Å²) in [4.78, 5) is 11.9. The Hall–Kier alpha value is -1.07. The summed E-state index contributed by atoms with van der Waals surface area (Å²) in [6, 6.07) is 4.42. The zero-order valence-electron chi connectivity index (χ0n) is 9.73. The fourth-order valence-corrected chi connectivity index (χ4v) is 1.96. The maximum absolute atomic E-state index is 11.9. The van der Waals surface area contributed by atoms with Crippen molar-refractivity contribution in [3.63, 3.8) is 0 Å². The van der Waals surface area contributed by atoms with Gasteiger partial charge in [-0.05, 0) is 25.1 Å². The molecule has 0 aliphatic carbocycles. The van der Waals surface area contributed by atoms with Crippen molar-refractivity contribution in [2.45, 2.75) is 12.2 Å². The van der Waals surface area contributed by atoms with E-state index in [4.69, 9.17) is 16.3 Å². The van der Waals surface area contributed by atoms with E-state index in [9.17, 15) is 13.2 Å². The van der Waals surface area contributed by atoms with Gasteiger partial charge in [-0.1, -0.05) is 11.6 Å². The summed E-state index contributed by atoms with van der Waals surface area (Å²) in [6.45, 7) is 1.36. The van der Waals surface area contributed by atoms with Crippen LogP contribution in [-0.4, -0.2) is 32.8 Å². The molecule has 1 aromatic carbocycles. The third-order valence-corrected chi connectivity index (χ3v) is 4.26. The number of ether oxygens (including phenoxy) is 1. The monoisotopic (exact) mass is 276 g/mol. The summed E-state index contributed by atoms with van der Waals surface area (Å²) >= 11 is 5.82. The zero-order chi connectivity index (χ0) is 13.2. The largest absolute Gasteiger partial charge is 0.495 e. The summed E-state index contributed by atoms with van der Waals surface area (Å²) in [6.07, 6.45) is 1.03. The first-order valence-corrected chi connectivity index (χ1v) is 7.17. The number of sulfone groups is 1. The molecule has 0 saturated heterocycles. The molecule has 17 heavy (non-hydrogen) atoms. The fraction of sp³-hybridized carbons (Fsp3) is 0.364. The molecule has 0 N–H and O–H groups in total. The highest BCUT2D eigenvalue weighted by Gasteiger charge is 2.25. The Labute approximate surface area is 105 Å². The second kappa shape index (κ2) is 5.06. The lowest BCUT2D eigenvalue weighted by Gasteiger charge is -2.10. The normalized spacial score (nSPS) is 13.2. The Bertz CT molecular complexity index is 536. The molecule has 1 atom stereocenters. The Morgan fingerprint density at radius 3 is 2.47 bits per heavy atom. The first kappa shape index (κ1) is 14.0. The van der Waals surface area contributed by atoms with Gasteiger partial charge in [-0.3, -0.25) is 4.79 Å². The average molecular weight is 277 g/mol. The van der Waals surface area contributed by atoms with Crippen molar-refractivity contribution >= 4 is 27.2 Å². The van der Waals surface area contributed by atoms with Gasteiger partial charge in [-0.2, -0.15) is 0 Å². The van der Waals surface area contributed by atoms with Gasteiger partial charge in [-0.25, -0.2) is 8.42 Å². The standard InChI is InChI=1S/C11H13ClO4S/c1-7(17(3,14)15)11(13)8-4-5-9(12)10(6-8)16-2/h4-7H,1-3H3. The van der Waals surface area contributed by atoms with Crippen LogP contribution in [0.4, 0.5) is 0 Å². The van der Waals surface area contributed by atoms with Gasteiger partial charge in [0, 0.05) is 11.8 Å². The molecule has 0 amide bonds. The van der Waals surface area contributed by atoms with Gasteiger partial charge in [0.1, 0.15) is 11.0 Å². The fourth-order valence-electron chi connectivity index (χ4n) is 1.24. The van der Waals surface area contributed by atoms with Crippen molar-refractivity contribution in [3.05, 3.63) is 28.8 Å².